The normalized spacial score (nSPS) is 14.7. The predicted molar refractivity (Wildman–Crippen MR) is 131 cm³/mol. The van der Waals surface area contributed by atoms with Crippen LogP contribution in [0.15, 0.2) is 47.4 Å². The highest BCUT2D eigenvalue weighted by atomic mass is 32.2. The van der Waals surface area contributed by atoms with E-state index in [9.17, 15) is 14.4 Å². The van der Waals surface area contributed by atoms with Crippen molar-refractivity contribution in [3.05, 3.63) is 69.6 Å². The number of hydrogen-bond acceptors (Lipinski definition) is 6. The molecule has 2 aromatic carbocycles. The van der Waals surface area contributed by atoms with Crippen LogP contribution in [0.5, 0.6) is 0 Å². The molecule has 0 radical (unpaired) electrons. The van der Waals surface area contributed by atoms with Gasteiger partial charge in [-0.05, 0) is 67.3 Å². The molecular weight excluding hydrogens is 444 g/mol. The number of esters is 1. The summed E-state index contributed by atoms with van der Waals surface area (Å²) in [5.74, 6) is -0.684. The van der Waals surface area contributed by atoms with Gasteiger partial charge in [0.25, 0.3) is 5.91 Å². The van der Waals surface area contributed by atoms with E-state index in [4.69, 9.17) is 12.2 Å². The van der Waals surface area contributed by atoms with Crippen LogP contribution in [0.1, 0.15) is 39.9 Å². The van der Waals surface area contributed by atoms with Crippen LogP contribution in [0.4, 0.5) is 5.69 Å². The molecule has 1 N–H and O–H groups in total. The number of rotatable bonds is 7. The Morgan fingerprint density at radius 2 is 1.84 bits per heavy atom. The van der Waals surface area contributed by atoms with E-state index >= 15 is 0 Å². The van der Waals surface area contributed by atoms with Crippen molar-refractivity contribution in [2.45, 2.75) is 26.7 Å². The molecule has 1 saturated heterocycles. The van der Waals surface area contributed by atoms with Crippen molar-refractivity contribution in [2.24, 2.45) is 0 Å². The van der Waals surface area contributed by atoms with Crippen molar-refractivity contribution < 1.29 is 19.1 Å². The van der Waals surface area contributed by atoms with Gasteiger partial charge in [-0.3, -0.25) is 14.5 Å². The van der Waals surface area contributed by atoms with Gasteiger partial charge in [-0.25, -0.2) is 4.79 Å². The number of thioether (sulfide) groups is 1. The topological polar surface area (TPSA) is 75.7 Å². The number of nitrogens with zero attached hydrogens (tertiary/aromatic N) is 1. The van der Waals surface area contributed by atoms with Gasteiger partial charge < -0.3 is 10.1 Å². The number of carbonyl (C=O) groups is 3. The Labute approximate surface area is 197 Å². The maximum atomic E-state index is 12.8. The molecule has 32 heavy (non-hydrogen) atoms. The lowest BCUT2D eigenvalue weighted by Crippen LogP contribution is -2.29. The van der Waals surface area contributed by atoms with E-state index in [1.54, 1.807) is 30.3 Å². The lowest BCUT2D eigenvalue weighted by molar-refractivity contribution is -0.122. The first-order valence-corrected chi connectivity index (χ1v) is 11.3. The average Bonchev–Trinajstić information content (AvgIpc) is 3.03. The fourth-order valence-electron chi connectivity index (χ4n) is 3.12. The standard InChI is InChI=1S/C24H24N2O4S2/c1-15-6-11-19(13-16(15)2)25-21(27)5-4-12-26-22(28)20(32-24(26)31)14-17-7-9-18(10-8-17)23(29)30-3/h6-11,13-14H,4-5,12H2,1-3H3,(H,25,27). The number of benzene rings is 2. The van der Waals surface area contributed by atoms with Crippen molar-refractivity contribution in [3.8, 4) is 0 Å². The summed E-state index contributed by atoms with van der Waals surface area (Å²) in [6.07, 6.45) is 2.54. The van der Waals surface area contributed by atoms with Crippen LogP contribution in [0, 0.1) is 13.8 Å². The first-order chi connectivity index (χ1) is 15.3. The van der Waals surface area contributed by atoms with Crippen LogP contribution in [0.2, 0.25) is 0 Å². The molecule has 3 rings (SSSR count). The molecule has 1 heterocycles. The maximum absolute atomic E-state index is 12.8. The summed E-state index contributed by atoms with van der Waals surface area (Å²) in [4.78, 5) is 38.6. The van der Waals surface area contributed by atoms with E-state index in [1.807, 2.05) is 32.0 Å². The summed E-state index contributed by atoms with van der Waals surface area (Å²) >= 11 is 6.59. The van der Waals surface area contributed by atoms with Gasteiger partial charge in [0.15, 0.2) is 0 Å². The summed E-state index contributed by atoms with van der Waals surface area (Å²) in [5.41, 5.74) is 4.28. The third kappa shape index (κ3) is 5.83. The van der Waals surface area contributed by atoms with E-state index in [0.29, 0.717) is 27.8 Å². The minimum Gasteiger partial charge on any atom is -0.465 e. The monoisotopic (exact) mass is 468 g/mol. The molecule has 0 bridgehead atoms. The number of anilines is 1. The maximum Gasteiger partial charge on any atom is 0.337 e. The zero-order valence-electron chi connectivity index (χ0n) is 18.1. The number of nitrogens with one attached hydrogen (secondary N) is 1. The Morgan fingerprint density at radius 3 is 2.50 bits per heavy atom. The molecule has 8 heteroatoms. The highest BCUT2D eigenvalue weighted by Crippen LogP contribution is 2.32. The third-order valence-corrected chi connectivity index (χ3v) is 6.46. The Morgan fingerprint density at radius 1 is 1.12 bits per heavy atom. The Balaban J connectivity index is 1.54. The summed E-state index contributed by atoms with van der Waals surface area (Å²) < 4.78 is 5.16. The number of amides is 2. The molecule has 1 aliphatic rings. The number of methoxy groups -OCH3 is 1. The average molecular weight is 469 g/mol. The van der Waals surface area contributed by atoms with Crippen LogP contribution < -0.4 is 5.32 Å². The second kappa shape index (κ2) is 10.6. The van der Waals surface area contributed by atoms with Gasteiger partial charge in [-0.2, -0.15) is 0 Å². The highest BCUT2D eigenvalue weighted by molar-refractivity contribution is 8.26. The molecule has 6 nitrogen and oxygen atoms in total. The van der Waals surface area contributed by atoms with Crippen LogP contribution in [0.25, 0.3) is 6.08 Å². The second-order valence-corrected chi connectivity index (χ2v) is 9.07. The number of hydrogen-bond donors (Lipinski definition) is 1. The first-order valence-electron chi connectivity index (χ1n) is 10.1. The summed E-state index contributed by atoms with van der Waals surface area (Å²) in [6.45, 7) is 4.40. The SMILES string of the molecule is COC(=O)c1ccc(C=C2SC(=S)N(CCCC(=O)Nc3ccc(C)c(C)c3)C2=O)cc1. The number of ether oxygens (including phenoxy) is 1. The summed E-state index contributed by atoms with van der Waals surface area (Å²) in [7, 11) is 1.33. The van der Waals surface area contributed by atoms with Crippen molar-refractivity contribution in [1.29, 1.82) is 0 Å². The van der Waals surface area contributed by atoms with Crippen molar-refractivity contribution >= 4 is 57.8 Å². The highest BCUT2D eigenvalue weighted by Gasteiger charge is 2.31. The first kappa shape index (κ1) is 23.7. The molecule has 0 saturated carbocycles. The van der Waals surface area contributed by atoms with E-state index in [2.05, 4.69) is 10.1 Å². The summed E-state index contributed by atoms with van der Waals surface area (Å²) in [5, 5.41) is 2.89. The van der Waals surface area contributed by atoms with Gasteiger partial charge in [0.1, 0.15) is 4.32 Å². The van der Waals surface area contributed by atoms with E-state index in [0.717, 1.165) is 16.8 Å². The molecular formula is C24H24N2O4S2. The molecule has 0 aromatic heterocycles. The third-order valence-electron chi connectivity index (χ3n) is 5.08. The second-order valence-electron chi connectivity index (χ2n) is 7.40. The minimum atomic E-state index is -0.413. The molecule has 0 aliphatic carbocycles. The van der Waals surface area contributed by atoms with Crippen LogP contribution >= 0.6 is 24.0 Å². The van der Waals surface area contributed by atoms with Gasteiger partial charge >= 0.3 is 5.97 Å². The van der Waals surface area contributed by atoms with Crippen LogP contribution in [0.3, 0.4) is 0 Å². The quantitative estimate of drug-likeness (QED) is 0.360. The lowest BCUT2D eigenvalue weighted by atomic mass is 10.1. The Bertz CT molecular complexity index is 1090. The van der Waals surface area contributed by atoms with Gasteiger partial charge in [-0.15, -0.1) is 0 Å². The Kier molecular flexibility index (Phi) is 7.82. The smallest absolute Gasteiger partial charge is 0.337 e. The minimum absolute atomic E-state index is 0.0973. The number of carbonyl (C=O) groups excluding carboxylic acids is 3. The van der Waals surface area contributed by atoms with Gasteiger partial charge in [0.2, 0.25) is 5.91 Å². The van der Waals surface area contributed by atoms with Crippen LogP contribution in [-0.4, -0.2) is 40.7 Å². The fourth-order valence-corrected chi connectivity index (χ4v) is 4.43. The molecule has 1 aliphatic heterocycles. The number of aryl methyl sites for hydroxylation is 2. The molecule has 0 spiro atoms. The van der Waals surface area contributed by atoms with Gasteiger partial charge in [0.05, 0.1) is 17.6 Å². The molecule has 2 amide bonds. The predicted octanol–water partition coefficient (Wildman–Crippen LogP) is 4.71. The van der Waals surface area contributed by atoms with E-state index in [-0.39, 0.29) is 18.2 Å². The van der Waals surface area contributed by atoms with Crippen LogP contribution in [-0.2, 0) is 14.3 Å². The van der Waals surface area contributed by atoms with E-state index < -0.39 is 5.97 Å². The molecule has 0 atom stereocenters. The summed E-state index contributed by atoms with van der Waals surface area (Å²) in [6, 6.07) is 12.6. The largest absolute Gasteiger partial charge is 0.465 e. The van der Waals surface area contributed by atoms with E-state index in [1.165, 1.54) is 29.3 Å². The van der Waals surface area contributed by atoms with Gasteiger partial charge in [-0.1, -0.05) is 42.2 Å². The fraction of sp³-hybridized carbons (Fsp3) is 0.250. The van der Waals surface area contributed by atoms with Crippen molar-refractivity contribution in [3.63, 3.8) is 0 Å². The lowest BCUT2D eigenvalue weighted by Gasteiger charge is -2.14. The van der Waals surface area contributed by atoms with Crippen molar-refractivity contribution in [2.75, 3.05) is 19.0 Å². The Hall–Kier alpha value is -2.97. The van der Waals surface area contributed by atoms with Gasteiger partial charge in [0, 0.05) is 18.7 Å². The molecule has 2 aromatic rings. The molecule has 166 valence electrons. The molecule has 0 unspecified atom stereocenters. The zero-order valence-corrected chi connectivity index (χ0v) is 19.8. The zero-order chi connectivity index (χ0) is 23.3. The van der Waals surface area contributed by atoms with Crippen molar-refractivity contribution in [1.82, 2.24) is 4.90 Å². The molecule has 1 fully saturated rings. The number of thiocarbonyl (C=S) groups is 1.